The lowest BCUT2D eigenvalue weighted by molar-refractivity contribution is -0.134. The molecule has 1 saturated heterocycles. The minimum absolute atomic E-state index is 0.227. The van der Waals surface area contributed by atoms with Crippen LogP contribution in [0.5, 0.6) is 0 Å². The number of amides is 5. The normalized spacial score (nSPS) is 18.8. The van der Waals surface area contributed by atoms with E-state index in [1.807, 2.05) is 17.5 Å². The summed E-state index contributed by atoms with van der Waals surface area (Å²) < 4.78 is 0. The monoisotopic (exact) mass is 400 g/mol. The van der Waals surface area contributed by atoms with Gasteiger partial charge in [-0.1, -0.05) is 18.2 Å². The van der Waals surface area contributed by atoms with Crippen molar-refractivity contribution in [1.29, 1.82) is 0 Å². The summed E-state index contributed by atoms with van der Waals surface area (Å²) >= 11 is 1.60. The van der Waals surface area contributed by atoms with Crippen molar-refractivity contribution in [1.82, 2.24) is 15.5 Å². The van der Waals surface area contributed by atoms with Gasteiger partial charge in [0.15, 0.2) is 0 Å². The molecule has 2 heterocycles. The fourth-order valence-electron chi connectivity index (χ4n) is 3.00. The summed E-state index contributed by atoms with van der Waals surface area (Å²) in [6.07, 6.45) is 0.682. The second-order valence-corrected chi connectivity index (χ2v) is 7.60. The fourth-order valence-corrected chi connectivity index (χ4v) is 3.71. The van der Waals surface area contributed by atoms with Gasteiger partial charge >= 0.3 is 6.03 Å². The molecule has 146 valence electrons. The third-order valence-electron chi connectivity index (χ3n) is 4.57. The number of hydrogen-bond acceptors (Lipinski definition) is 5. The van der Waals surface area contributed by atoms with E-state index in [2.05, 4.69) is 10.6 Å². The van der Waals surface area contributed by atoms with Gasteiger partial charge in [-0.3, -0.25) is 19.3 Å². The maximum Gasteiger partial charge on any atom is 0.325 e. The number of primary amides is 1. The van der Waals surface area contributed by atoms with E-state index in [1.165, 1.54) is 19.1 Å². The highest BCUT2D eigenvalue weighted by Crippen LogP contribution is 2.29. The number of thiophene rings is 1. The number of imide groups is 1. The molecule has 1 aromatic carbocycles. The molecule has 9 heteroatoms. The molecular formula is C19H20N4O4S. The van der Waals surface area contributed by atoms with E-state index >= 15 is 0 Å². The predicted octanol–water partition coefficient (Wildman–Crippen LogP) is 0.973. The van der Waals surface area contributed by atoms with Gasteiger partial charge in [0.05, 0.1) is 0 Å². The summed E-state index contributed by atoms with van der Waals surface area (Å²) in [5, 5.41) is 7.27. The smallest absolute Gasteiger partial charge is 0.325 e. The number of nitrogens with zero attached hydrogens (tertiary/aromatic N) is 1. The van der Waals surface area contributed by atoms with Crippen molar-refractivity contribution in [3.63, 3.8) is 0 Å². The first-order valence-corrected chi connectivity index (χ1v) is 9.53. The van der Waals surface area contributed by atoms with Crippen molar-refractivity contribution in [2.45, 2.75) is 18.9 Å². The van der Waals surface area contributed by atoms with Crippen LogP contribution in [0.3, 0.4) is 0 Å². The molecule has 0 bridgehead atoms. The Balaban J connectivity index is 1.66. The van der Waals surface area contributed by atoms with E-state index in [9.17, 15) is 19.2 Å². The number of urea groups is 1. The van der Waals surface area contributed by atoms with Gasteiger partial charge in [0.25, 0.3) is 5.91 Å². The lowest BCUT2D eigenvalue weighted by atomic mass is 9.90. The van der Waals surface area contributed by atoms with E-state index in [1.54, 1.807) is 23.5 Å². The standard InChI is InChI=1S/C19H20N4O4S/c1-19(13-5-2-4-12(10-13)16(20)25)17(26)23(18(27)22-19)11-15(24)21-8-7-14-6-3-9-28-14/h2-6,9-10H,7-8,11H2,1H3,(H2,20,25)(H,21,24)(H,22,27). The topological polar surface area (TPSA) is 122 Å². The summed E-state index contributed by atoms with van der Waals surface area (Å²) in [6, 6.07) is 9.43. The number of rotatable bonds is 7. The fraction of sp³-hybridized carbons (Fsp3) is 0.263. The van der Waals surface area contributed by atoms with Crippen LogP contribution in [-0.2, 0) is 21.5 Å². The Labute approximate surface area is 165 Å². The van der Waals surface area contributed by atoms with E-state index < -0.39 is 29.3 Å². The molecule has 1 aliphatic heterocycles. The second kappa shape index (κ2) is 7.81. The van der Waals surface area contributed by atoms with Gasteiger partial charge < -0.3 is 16.4 Å². The van der Waals surface area contributed by atoms with Crippen molar-refractivity contribution in [3.05, 3.63) is 57.8 Å². The van der Waals surface area contributed by atoms with Gasteiger partial charge in [0, 0.05) is 17.0 Å². The number of hydrogen-bond donors (Lipinski definition) is 3. The molecule has 1 atom stereocenters. The van der Waals surface area contributed by atoms with E-state index in [0.717, 1.165) is 9.78 Å². The molecule has 4 N–H and O–H groups in total. The summed E-state index contributed by atoms with van der Waals surface area (Å²) in [4.78, 5) is 50.8. The van der Waals surface area contributed by atoms with Crippen molar-refractivity contribution >= 4 is 35.1 Å². The van der Waals surface area contributed by atoms with Gasteiger partial charge in [-0.2, -0.15) is 0 Å². The first-order valence-electron chi connectivity index (χ1n) is 8.65. The third-order valence-corrected chi connectivity index (χ3v) is 5.51. The molecule has 1 fully saturated rings. The van der Waals surface area contributed by atoms with Gasteiger partial charge in [0.2, 0.25) is 11.8 Å². The first kappa shape index (κ1) is 19.6. The Kier molecular flexibility index (Phi) is 5.46. The average molecular weight is 400 g/mol. The SMILES string of the molecule is CC1(c2cccc(C(N)=O)c2)NC(=O)N(CC(=O)NCCc2cccs2)C1=O. The molecule has 1 aromatic heterocycles. The van der Waals surface area contributed by atoms with E-state index in [4.69, 9.17) is 5.73 Å². The van der Waals surface area contributed by atoms with E-state index in [0.29, 0.717) is 18.5 Å². The number of carbonyl (C=O) groups excluding carboxylic acids is 4. The third kappa shape index (κ3) is 3.89. The Morgan fingerprint density at radius 2 is 2.04 bits per heavy atom. The van der Waals surface area contributed by atoms with Gasteiger partial charge in [0.1, 0.15) is 12.1 Å². The average Bonchev–Trinajstić information content (AvgIpc) is 3.25. The van der Waals surface area contributed by atoms with Crippen LogP contribution in [0.4, 0.5) is 4.79 Å². The van der Waals surface area contributed by atoms with E-state index in [-0.39, 0.29) is 12.1 Å². The summed E-state index contributed by atoms with van der Waals surface area (Å²) in [5.41, 5.74) is 4.56. The van der Waals surface area contributed by atoms with Crippen LogP contribution in [0, 0.1) is 0 Å². The molecule has 2 aromatic rings. The molecule has 28 heavy (non-hydrogen) atoms. The van der Waals surface area contributed by atoms with Gasteiger partial charge in [-0.15, -0.1) is 11.3 Å². The van der Waals surface area contributed by atoms with Crippen LogP contribution in [0.25, 0.3) is 0 Å². The van der Waals surface area contributed by atoms with Gasteiger partial charge in [-0.25, -0.2) is 4.79 Å². The summed E-state index contributed by atoms with van der Waals surface area (Å²) in [7, 11) is 0. The Hall–Kier alpha value is -3.20. The highest BCUT2D eigenvalue weighted by atomic mass is 32.1. The number of carbonyl (C=O) groups is 4. The lowest BCUT2D eigenvalue weighted by Gasteiger charge is -2.22. The molecular weight excluding hydrogens is 380 g/mol. The maximum absolute atomic E-state index is 12.9. The minimum atomic E-state index is -1.38. The minimum Gasteiger partial charge on any atom is -0.366 e. The number of nitrogens with one attached hydrogen (secondary N) is 2. The summed E-state index contributed by atoms with van der Waals surface area (Å²) in [5.74, 6) is -1.62. The van der Waals surface area contributed by atoms with Crippen LogP contribution in [0.15, 0.2) is 41.8 Å². The largest absolute Gasteiger partial charge is 0.366 e. The molecule has 1 unspecified atom stereocenters. The molecule has 0 aliphatic carbocycles. The molecule has 8 nitrogen and oxygen atoms in total. The highest BCUT2D eigenvalue weighted by Gasteiger charge is 2.49. The predicted molar refractivity (Wildman–Crippen MR) is 104 cm³/mol. The molecule has 3 rings (SSSR count). The first-order chi connectivity index (χ1) is 13.3. The molecule has 5 amide bonds. The van der Waals surface area contributed by atoms with Crippen LogP contribution in [0.1, 0.15) is 27.7 Å². The zero-order chi connectivity index (χ0) is 20.3. The zero-order valence-electron chi connectivity index (χ0n) is 15.2. The lowest BCUT2D eigenvalue weighted by Crippen LogP contribution is -2.43. The highest BCUT2D eigenvalue weighted by molar-refractivity contribution is 7.09. The van der Waals surface area contributed by atoms with Crippen molar-refractivity contribution in [2.24, 2.45) is 5.73 Å². The molecule has 1 aliphatic rings. The summed E-state index contributed by atoms with van der Waals surface area (Å²) in [6.45, 7) is 1.57. The Bertz CT molecular complexity index is 928. The van der Waals surface area contributed by atoms with Crippen molar-refractivity contribution < 1.29 is 19.2 Å². The number of nitrogens with two attached hydrogens (primary N) is 1. The van der Waals surface area contributed by atoms with Crippen molar-refractivity contribution in [2.75, 3.05) is 13.1 Å². The van der Waals surface area contributed by atoms with Crippen LogP contribution < -0.4 is 16.4 Å². The van der Waals surface area contributed by atoms with Gasteiger partial charge in [-0.05, 0) is 42.5 Å². The quantitative estimate of drug-likeness (QED) is 0.600. The van der Waals surface area contributed by atoms with Crippen LogP contribution in [0.2, 0.25) is 0 Å². The maximum atomic E-state index is 12.9. The molecule has 0 saturated carbocycles. The molecule has 0 radical (unpaired) electrons. The molecule has 0 spiro atoms. The Morgan fingerprint density at radius 3 is 2.71 bits per heavy atom. The van der Waals surface area contributed by atoms with Crippen molar-refractivity contribution in [3.8, 4) is 0 Å². The number of benzene rings is 1. The Morgan fingerprint density at radius 1 is 1.25 bits per heavy atom. The zero-order valence-corrected chi connectivity index (χ0v) is 16.0. The van der Waals surface area contributed by atoms with Crippen LogP contribution in [-0.4, -0.2) is 41.7 Å². The van der Waals surface area contributed by atoms with Crippen LogP contribution >= 0.6 is 11.3 Å². The second-order valence-electron chi connectivity index (χ2n) is 6.57.